The van der Waals surface area contributed by atoms with Crippen molar-refractivity contribution in [3.63, 3.8) is 0 Å². The van der Waals surface area contributed by atoms with Crippen molar-refractivity contribution in [1.82, 2.24) is 4.98 Å². The van der Waals surface area contributed by atoms with Gasteiger partial charge in [0.25, 0.3) is 0 Å². The van der Waals surface area contributed by atoms with Gasteiger partial charge in [0.2, 0.25) is 5.13 Å². The number of unbranched alkanes of at least 4 members (excludes halogenated alkanes) is 6. The second-order valence-corrected chi connectivity index (χ2v) is 22.7. The molecule has 1 aromatic heterocycles. The van der Waals surface area contributed by atoms with Crippen molar-refractivity contribution in [3.8, 4) is 34.5 Å². The molecule has 0 atom stereocenters. The molecule has 0 N–H and O–H groups in total. The lowest BCUT2D eigenvalue weighted by Gasteiger charge is -2.28. The Labute approximate surface area is 526 Å². The molecule has 2 saturated carbocycles. The number of hydrogen-bond donors (Lipinski definition) is 0. The van der Waals surface area contributed by atoms with Crippen LogP contribution in [0.25, 0.3) is 10.2 Å². The molecule has 478 valence electrons. The molecule has 5 aromatic rings. The van der Waals surface area contributed by atoms with Gasteiger partial charge in [0.1, 0.15) is 41.1 Å². The maximum atomic E-state index is 13.4. The van der Waals surface area contributed by atoms with Gasteiger partial charge in [0.05, 0.1) is 101 Å². The first-order chi connectivity index (χ1) is 43.5. The first-order valence-corrected chi connectivity index (χ1v) is 31.9. The lowest BCUT2D eigenvalue weighted by molar-refractivity contribution is -0.141. The molecular formula is C69H85N3O16S. The van der Waals surface area contributed by atoms with Crippen LogP contribution in [0.15, 0.2) is 134 Å². The molecule has 2 fully saturated rings. The van der Waals surface area contributed by atoms with Crippen molar-refractivity contribution >= 4 is 62.7 Å². The van der Waals surface area contributed by atoms with Crippen LogP contribution in [0.4, 0.5) is 5.13 Å². The predicted octanol–water partition coefficient (Wildman–Crippen LogP) is 12.8. The fourth-order valence-electron chi connectivity index (χ4n) is 10.0. The number of hydrogen-bond acceptors (Lipinski definition) is 20. The number of nitrogens with zero attached hydrogens (tertiary/aromatic N) is 3. The lowest BCUT2D eigenvalue weighted by Crippen LogP contribution is -2.28. The van der Waals surface area contributed by atoms with Crippen LogP contribution in [0, 0.1) is 23.7 Å². The molecule has 0 saturated heterocycles. The van der Waals surface area contributed by atoms with Crippen molar-refractivity contribution in [2.75, 3.05) is 84.2 Å². The summed E-state index contributed by atoms with van der Waals surface area (Å²) in [5.74, 6) is 1.87. The molecule has 7 rings (SSSR count). The number of esters is 5. The molecule has 0 aliphatic heterocycles. The largest absolute Gasteiger partial charge is 0.494 e. The van der Waals surface area contributed by atoms with Gasteiger partial charge in [-0.1, -0.05) is 43.2 Å². The van der Waals surface area contributed by atoms with Crippen LogP contribution in [-0.4, -0.2) is 120 Å². The van der Waals surface area contributed by atoms with Gasteiger partial charge < -0.3 is 52.1 Å². The van der Waals surface area contributed by atoms with E-state index in [1.807, 2.05) is 71.7 Å². The number of aromatic nitrogens is 1. The maximum Gasteiger partial charge on any atom is 0.330 e. The van der Waals surface area contributed by atoms with Gasteiger partial charge in [0.15, 0.2) is 0 Å². The molecule has 2 aliphatic carbocycles. The van der Waals surface area contributed by atoms with E-state index in [1.54, 1.807) is 30.5 Å². The number of benzene rings is 4. The minimum Gasteiger partial charge on any atom is -0.494 e. The van der Waals surface area contributed by atoms with Crippen LogP contribution >= 0.6 is 11.3 Å². The van der Waals surface area contributed by atoms with Crippen LogP contribution in [0.1, 0.15) is 108 Å². The zero-order valence-corrected chi connectivity index (χ0v) is 51.8. The van der Waals surface area contributed by atoms with Gasteiger partial charge in [0, 0.05) is 23.8 Å². The molecule has 0 spiro atoms. The number of fused-ring (bicyclic) bond motifs is 1. The molecule has 89 heavy (non-hydrogen) atoms. The van der Waals surface area contributed by atoms with Crippen LogP contribution < -0.4 is 33.4 Å². The highest BCUT2D eigenvalue weighted by molar-refractivity contribution is 7.22. The molecule has 4 aromatic carbocycles. The number of para-hydroxylation sites is 1. The van der Waals surface area contributed by atoms with Crippen molar-refractivity contribution < 1.29 is 76.1 Å². The highest BCUT2D eigenvalue weighted by Crippen LogP contribution is 2.35. The Morgan fingerprint density at radius 2 is 0.955 bits per heavy atom. The van der Waals surface area contributed by atoms with Gasteiger partial charge in [-0.3, -0.25) is 9.59 Å². The first kappa shape index (κ1) is 68.4. The first-order valence-electron chi connectivity index (χ1n) is 31.0. The van der Waals surface area contributed by atoms with Gasteiger partial charge in [-0.05, 0) is 193 Å². The van der Waals surface area contributed by atoms with Crippen molar-refractivity contribution in [3.05, 3.63) is 135 Å². The second-order valence-electron chi connectivity index (χ2n) is 21.7. The number of carbonyl (C=O) groups excluding carboxylic acids is 5. The monoisotopic (exact) mass is 1240 g/mol. The number of rotatable bonds is 41. The SMILES string of the molecule is C=CC(=O)OCCCCCCOc1ccc(OC(=O)C2CCC(COc3ccc(OCC4CCC(C(=O)Oc5ccc(OCCCCCCOC(=O)C=C)cc5)CC4)c(/C=N/N(CCOCCOCCOC(=O)C=C)c4nc5ccccc5s4)c3)CC2)cc1. The predicted molar refractivity (Wildman–Crippen MR) is 340 cm³/mol. The van der Waals surface area contributed by atoms with E-state index >= 15 is 0 Å². The lowest BCUT2D eigenvalue weighted by atomic mass is 9.82. The van der Waals surface area contributed by atoms with Crippen molar-refractivity contribution in [2.24, 2.45) is 28.8 Å². The van der Waals surface area contributed by atoms with E-state index in [4.69, 9.17) is 62.2 Å². The fraction of sp³-hybridized carbons (Fsp3) is 0.464. The van der Waals surface area contributed by atoms with E-state index in [0.29, 0.717) is 137 Å². The van der Waals surface area contributed by atoms with Crippen LogP contribution in [0.3, 0.4) is 0 Å². The summed E-state index contributed by atoms with van der Waals surface area (Å²) in [7, 11) is 0. The fourth-order valence-corrected chi connectivity index (χ4v) is 11.0. The quantitative estimate of drug-likeness (QED) is 0.00676. The molecule has 1 heterocycles. The van der Waals surface area contributed by atoms with Gasteiger partial charge >= 0.3 is 29.8 Å². The minimum atomic E-state index is -0.501. The van der Waals surface area contributed by atoms with E-state index in [-0.39, 0.29) is 48.8 Å². The third-order valence-electron chi connectivity index (χ3n) is 15.1. The Bertz CT molecular complexity index is 2990. The van der Waals surface area contributed by atoms with E-state index in [2.05, 4.69) is 19.7 Å². The summed E-state index contributed by atoms with van der Waals surface area (Å²) in [6.07, 6.45) is 18.2. The van der Waals surface area contributed by atoms with E-state index in [1.165, 1.54) is 23.5 Å². The Morgan fingerprint density at radius 1 is 0.494 bits per heavy atom. The second kappa shape index (κ2) is 39.0. The standard InChI is InChI=1S/C69H85N3O16S/c1-4-64(73)82-40-15-9-7-13-38-80-56-27-31-58(32-28-56)87-67(76)53-23-19-51(20-24-53)49-85-60-35-36-62(55(47-60)48-70-72(69-71-61-17-11-12-18-63(61)89-69)37-42-78-43-44-79-45-46-84-66(75)6-3)86-50-52-21-25-54(26-22-52)68(77)88-59-33-29-57(30-34-59)81-39-14-8-10-16-41-83-65(74)5-2/h4-6,11-12,17-18,27-36,47-48,51-54H,1-3,7-10,13-16,19-26,37-46,49-50H2/b70-48+. The van der Waals surface area contributed by atoms with Crippen molar-refractivity contribution in [2.45, 2.75) is 103 Å². The van der Waals surface area contributed by atoms with E-state index in [0.717, 1.165) is 93.3 Å². The molecule has 19 nitrogen and oxygen atoms in total. The third kappa shape index (κ3) is 25.1. The normalized spacial score (nSPS) is 16.4. The number of anilines is 1. The van der Waals surface area contributed by atoms with Gasteiger partial charge in [-0.2, -0.15) is 5.10 Å². The molecular weight excluding hydrogens is 1160 g/mol. The molecule has 0 bridgehead atoms. The molecule has 2 aliphatic rings. The average Bonchev–Trinajstić information content (AvgIpc) is 3.53. The number of ether oxygens (including phenoxy) is 11. The van der Waals surface area contributed by atoms with Crippen LogP contribution in [-0.2, 0) is 47.7 Å². The zero-order chi connectivity index (χ0) is 62.7. The Hall–Kier alpha value is -8.07. The minimum absolute atomic E-state index is 0.123. The van der Waals surface area contributed by atoms with Crippen LogP contribution in [0.5, 0.6) is 34.5 Å². The summed E-state index contributed by atoms with van der Waals surface area (Å²) in [5.41, 5.74) is 1.56. The Balaban J connectivity index is 0.903. The highest BCUT2D eigenvalue weighted by atomic mass is 32.1. The van der Waals surface area contributed by atoms with Crippen LogP contribution in [0.2, 0.25) is 0 Å². The summed E-state index contributed by atoms with van der Waals surface area (Å²) < 4.78 is 64.0. The van der Waals surface area contributed by atoms with E-state index < -0.39 is 17.9 Å². The molecule has 20 heteroatoms. The Morgan fingerprint density at radius 3 is 1.48 bits per heavy atom. The van der Waals surface area contributed by atoms with Gasteiger partial charge in [-0.15, -0.1) is 0 Å². The van der Waals surface area contributed by atoms with E-state index in [9.17, 15) is 24.0 Å². The number of hydrazone groups is 1. The summed E-state index contributed by atoms with van der Waals surface area (Å²) in [5, 5.41) is 7.50. The molecule has 0 amide bonds. The summed E-state index contributed by atoms with van der Waals surface area (Å²) >= 11 is 1.52. The molecule has 0 radical (unpaired) electrons. The zero-order valence-electron chi connectivity index (χ0n) is 51.0. The highest BCUT2D eigenvalue weighted by Gasteiger charge is 2.30. The summed E-state index contributed by atoms with van der Waals surface area (Å²) in [4.78, 5) is 65.3. The third-order valence-corrected chi connectivity index (χ3v) is 16.2. The summed E-state index contributed by atoms with van der Waals surface area (Å²) in [6, 6.07) is 27.9. The molecule has 0 unspecified atom stereocenters. The smallest absolute Gasteiger partial charge is 0.330 e. The van der Waals surface area contributed by atoms with Crippen molar-refractivity contribution in [1.29, 1.82) is 0 Å². The number of carbonyl (C=O) groups is 5. The Kier molecular flexibility index (Phi) is 30.0. The maximum absolute atomic E-state index is 13.4. The summed E-state index contributed by atoms with van der Waals surface area (Å²) in [6.45, 7) is 14.7. The average molecular weight is 1240 g/mol. The van der Waals surface area contributed by atoms with Gasteiger partial charge in [-0.25, -0.2) is 24.4 Å². The topological polar surface area (TPSA) is 215 Å². The number of thiazole rings is 1.